The molecular formula is C22H29N3O2. The number of nitrogens with two attached hydrogens (primary N) is 1. The van der Waals surface area contributed by atoms with Crippen LogP contribution in [0.1, 0.15) is 24.5 Å². The van der Waals surface area contributed by atoms with Crippen LogP contribution in [0.4, 0.5) is 0 Å². The van der Waals surface area contributed by atoms with Crippen LogP contribution in [-0.4, -0.2) is 40.6 Å². The average molecular weight is 367 g/mol. The molecule has 2 aromatic rings. The van der Waals surface area contributed by atoms with Crippen molar-refractivity contribution in [2.75, 3.05) is 13.2 Å². The number of hydrogen-bond acceptors (Lipinski definition) is 4. The minimum atomic E-state index is -1.03. The normalized spacial score (nSPS) is 23.4. The summed E-state index contributed by atoms with van der Waals surface area (Å²) in [4.78, 5) is 14.7. The highest BCUT2D eigenvalue weighted by atomic mass is 16.3. The molecule has 0 aliphatic carbocycles. The highest BCUT2D eigenvalue weighted by Gasteiger charge is 2.49. The summed E-state index contributed by atoms with van der Waals surface area (Å²) in [6.07, 6.45) is 0.276. The maximum atomic E-state index is 12.4. The number of amides is 1. The van der Waals surface area contributed by atoms with Crippen LogP contribution >= 0.6 is 0 Å². The first-order valence-corrected chi connectivity index (χ1v) is 9.54. The Bertz CT molecular complexity index is 696. The number of aliphatic hydroxyl groups is 1. The summed E-state index contributed by atoms with van der Waals surface area (Å²) < 4.78 is 0. The van der Waals surface area contributed by atoms with Gasteiger partial charge in [0.15, 0.2) is 0 Å². The third-order valence-corrected chi connectivity index (χ3v) is 5.71. The molecule has 0 radical (unpaired) electrons. The smallest absolute Gasteiger partial charge is 0.240 e. The van der Waals surface area contributed by atoms with E-state index in [1.54, 1.807) is 0 Å². The zero-order chi connectivity index (χ0) is 19.3. The van der Waals surface area contributed by atoms with Gasteiger partial charge in [-0.15, -0.1) is 0 Å². The fraction of sp³-hybridized carbons (Fsp3) is 0.409. The average Bonchev–Trinajstić information content (AvgIpc) is 2.97. The van der Waals surface area contributed by atoms with Gasteiger partial charge in [0.2, 0.25) is 5.91 Å². The van der Waals surface area contributed by atoms with Crippen molar-refractivity contribution in [3.63, 3.8) is 0 Å². The van der Waals surface area contributed by atoms with Crippen LogP contribution in [0.2, 0.25) is 0 Å². The molecular weight excluding hydrogens is 338 g/mol. The summed E-state index contributed by atoms with van der Waals surface area (Å²) in [6.45, 7) is 4.13. The number of aliphatic hydroxyl groups excluding tert-OH is 1. The van der Waals surface area contributed by atoms with Crippen molar-refractivity contribution in [1.29, 1.82) is 0 Å². The summed E-state index contributed by atoms with van der Waals surface area (Å²) in [7, 11) is 0. The maximum absolute atomic E-state index is 12.4. The monoisotopic (exact) mass is 367 g/mol. The third kappa shape index (κ3) is 4.38. The van der Waals surface area contributed by atoms with E-state index in [4.69, 9.17) is 5.73 Å². The van der Waals surface area contributed by atoms with E-state index in [0.717, 1.165) is 13.1 Å². The van der Waals surface area contributed by atoms with Crippen LogP contribution in [0.5, 0.6) is 0 Å². The molecule has 0 aromatic heterocycles. The molecule has 3 rings (SSSR count). The maximum Gasteiger partial charge on any atom is 0.240 e. The Morgan fingerprint density at radius 1 is 1.11 bits per heavy atom. The molecule has 1 aliphatic rings. The van der Waals surface area contributed by atoms with Crippen LogP contribution in [0.25, 0.3) is 0 Å². The minimum Gasteiger partial charge on any atom is -0.396 e. The Morgan fingerprint density at radius 2 is 1.63 bits per heavy atom. The van der Waals surface area contributed by atoms with Crippen LogP contribution < -0.4 is 11.1 Å². The zero-order valence-corrected chi connectivity index (χ0v) is 15.8. The summed E-state index contributed by atoms with van der Waals surface area (Å²) in [5.41, 5.74) is 7.90. The second-order valence-corrected chi connectivity index (χ2v) is 7.45. The van der Waals surface area contributed by atoms with Gasteiger partial charge in [0.05, 0.1) is 0 Å². The van der Waals surface area contributed by atoms with Crippen molar-refractivity contribution in [2.45, 2.75) is 38.0 Å². The van der Waals surface area contributed by atoms with Crippen molar-refractivity contribution in [3.8, 4) is 0 Å². The van der Waals surface area contributed by atoms with Gasteiger partial charge >= 0.3 is 0 Å². The number of nitrogens with zero attached hydrogens (tertiary/aromatic N) is 1. The number of carbonyl (C=O) groups excluding carboxylic acids is 1. The van der Waals surface area contributed by atoms with E-state index < -0.39 is 5.54 Å². The molecule has 2 aromatic carbocycles. The molecule has 3 atom stereocenters. The van der Waals surface area contributed by atoms with Crippen LogP contribution in [-0.2, 0) is 17.9 Å². The van der Waals surface area contributed by atoms with E-state index in [0.29, 0.717) is 6.54 Å². The van der Waals surface area contributed by atoms with Gasteiger partial charge in [-0.25, -0.2) is 0 Å². The number of hydrogen-bond donors (Lipinski definition) is 3. The molecule has 0 bridgehead atoms. The lowest BCUT2D eigenvalue weighted by Crippen LogP contribution is -2.57. The lowest BCUT2D eigenvalue weighted by atomic mass is 9.79. The summed E-state index contributed by atoms with van der Waals surface area (Å²) in [5, 5.41) is 12.4. The molecule has 27 heavy (non-hydrogen) atoms. The van der Waals surface area contributed by atoms with Crippen LogP contribution in [0.3, 0.4) is 0 Å². The molecule has 1 heterocycles. The fourth-order valence-corrected chi connectivity index (χ4v) is 4.04. The van der Waals surface area contributed by atoms with Gasteiger partial charge in [-0.3, -0.25) is 9.69 Å². The second kappa shape index (κ2) is 8.65. The minimum absolute atomic E-state index is 0.0652. The molecule has 4 N–H and O–H groups in total. The largest absolute Gasteiger partial charge is 0.396 e. The standard InChI is InChI=1S/C22H29N3O2/c1-17(20-14-24-21(27)22(20,23)12-13-26)25(15-18-8-4-2-5-9-18)16-19-10-6-3-7-11-19/h2-11,17,20,26H,12-16,23H2,1H3,(H,24,27)/t17-,20+,22-/m0/s1. The summed E-state index contributed by atoms with van der Waals surface area (Å²) in [6, 6.07) is 20.7. The quantitative estimate of drug-likeness (QED) is 0.666. The molecule has 5 heteroatoms. The molecule has 1 amide bonds. The molecule has 1 fully saturated rings. The van der Waals surface area contributed by atoms with Crippen LogP contribution in [0, 0.1) is 5.92 Å². The van der Waals surface area contributed by atoms with Gasteiger partial charge in [-0.05, 0) is 24.5 Å². The molecule has 1 aliphatic heterocycles. The Morgan fingerprint density at radius 3 is 2.11 bits per heavy atom. The van der Waals surface area contributed by atoms with Crippen molar-refractivity contribution >= 4 is 5.91 Å². The lowest BCUT2D eigenvalue weighted by molar-refractivity contribution is -0.125. The van der Waals surface area contributed by atoms with Gasteiger partial charge < -0.3 is 16.2 Å². The van der Waals surface area contributed by atoms with Gasteiger partial charge in [-0.1, -0.05) is 60.7 Å². The molecule has 0 unspecified atom stereocenters. The molecule has 144 valence electrons. The molecule has 0 saturated carbocycles. The predicted molar refractivity (Wildman–Crippen MR) is 107 cm³/mol. The van der Waals surface area contributed by atoms with Crippen molar-refractivity contribution in [3.05, 3.63) is 71.8 Å². The van der Waals surface area contributed by atoms with Crippen molar-refractivity contribution < 1.29 is 9.90 Å². The van der Waals surface area contributed by atoms with E-state index in [9.17, 15) is 9.90 Å². The highest BCUT2D eigenvalue weighted by Crippen LogP contribution is 2.31. The lowest BCUT2D eigenvalue weighted by Gasteiger charge is -2.38. The molecule has 5 nitrogen and oxygen atoms in total. The SMILES string of the molecule is C[C@@H]([C@H]1CNC(=O)[C@]1(N)CCO)N(Cc1ccccc1)Cc1ccccc1. The van der Waals surface area contributed by atoms with Gasteiger partial charge in [-0.2, -0.15) is 0 Å². The molecule has 1 saturated heterocycles. The first-order chi connectivity index (χ1) is 13.0. The van der Waals surface area contributed by atoms with E-state index in [1.807, 2.05) is 36.4 Å². The fourth-order valence-electron chi connectivity index (χ4n) is 4.04. The van der Waals surface area contributed by atoms with E-state index in [1.165, 1.54) is 11.1 Å². The number of nitrogens with one attached hydrogen (secondary N) is 1. The topological polar surface area (TPSA) is 78.6 Å². The first-order valence-electron chi connectivity index (χ1n) is 9.54. The third-order valence-electron chi connectivity index (χ3n) is 5.71. The summed E-state index contributed by atoms with van der Waals surface area (Å²) in [5.74, 6) is -0.225. The molecule has 0 spiro atoms. The second-order valence-electron chi connectivity index (χ2n) is 7.45. The Kier molecular flexibility index (Phi) is 6.26. The van der Waals surface area contributed by atoms with Crippen molar-refractivity contribution in [2.24, 2.45) is 11.7 Å². The zero-order valence-electron chi connectivity index (χ0n) is 15.8. The number of carbonyl (C=O) groups is 1. The van der Waals surface area contributed by atoms with Gasteiger partial charge in [0.1, 0.15) is 5.54 Å². The van der Waals surface area contributed by atoms with E-state index >= 15 is 0 Å². The van der Waals surface area contributed by atoms with Gasteiger partial charge in [0, 0.05) is 38.2 Å². The van der Waals surface area contributed by atoms with E-state index in [-0.39, 0.29) is 30.9 Å². The van der Waals surface area contributed by atoms with Gasteiger partial charge in [0.25, 0.3) is 0 Å². The van der Waals surface area contributed by atoms with Crippen molar-refractivity contribution in [1.82, 2.24) is 10.2 Å². The van der Waals surface area contributed by atoms with Crippen LogP contribution in [0.15, 0.2) is 60.7 Å². The van der Waals surface area contributed by atoms with E-state index in [2.05, 4.69) is 41.4 Å². The Hall–Kier alpha value is -2.21. The number of rotatable bonds is 8. The Balaban J connectivity index is 1.85. The summed E-state index contributed by atoms with van der Waals surface area (Å²) >= 11 is 0. The highest BCUT2D eigenvalue weighted by molar-refractivity contribution is 5.89. The Labute approximate surface area is 161 Å². The first kappa shape index (κ1) is 19.5. The number of benzene rings is 2. The predicted octanol–water partition coefficient (Wildman–Crippen LogP) is 1.90.